The van der Waals surface area contributed by atoms with Gasteiger partial charge in [-0.1, -0.05) is 64.1 Å². The van der Waals surface area contributed by atoms with Crippen molar-refractivity contribution in [2.45, 2.75) is 143 Å². The molecular weight excluding hydrogens is 1050 g/mol. The highest BCUT2D eigenvalue weighted by atomic mass is 16.5. The number of aromatic nitrogens is 4. The highest BCUT2D eigenvalue weighted by molar-refractivity contribution is 5.95. The minimum absolute atomic E-state index is 0.0294. The lowest BCUT2D eigenvalue weighted by molar-refractivity contribution is -0.132. The van der Waals surface area contributed by atoms with Crippen LogP contribution in [0.15, 0.2) is 92.2 Å². The number of carbonyl (C=O) groups excluding carboxylic acids is 2. The molecule has 6 N–H and O–H groups in total. The van der Waals surface area contributed by atoms with Gasteiger partial charge in [0.1, 0.15) is 35.5 Å². The van der Waals surface area contributed by atoms with Gasteiger partial charge in [0, 0.05) is 102 Å². The largest absolute Gasteiger partial charge is 0.493 e. The number of amides is 2. The number of nitrogens with zero attached hydrogens (tertiary/aromatic N) is 2. The summed E-state index contributed by atoms with van der Waals surface area (Å²) in [6.45, 7) is 12.6. The molecule has 2 aliphatic heterocycles. The number of aryl methyl sites for hydroxylation is 2. The predicted molar refractivity (Wildman–Crippen MR) is 308 cm³/mol. The molecule has 20 nitrogen and oxygen atoms in total. The zero-order valence-electron chi connectivity index (χ0n) is 47.4. The van der Waals surface area contributed by atoms with Crippen LogP contribution < -0.4 is 52.1 Å². The molecule has 436 valence electrons. The molecule has 1 aliphatic carbocycles. The van der Waals surface area contributed by atoms with Crippen LogP contribution in [0, 0.1) is 19.8 Å². The molecule has 0 unspecified atom stereocenters. The standard InChI is InChI=1S/C62H74N6O14/c1-7-17-77-53-37-13-11-15-39(53)23-44-27-47(64-60(74)57-48(70)31-52(82-57)68-33-36(6)59(73)66-62(68)76)28-45(56(44)80-20-10-4)24-40-16-12-14-38(54(40)78-18-8-2)22-43-26-46(25-42(21-37)55(43)79-19-9-3)63-50(71)29-41-30-51(81-49(41)34-69)67-32-35(5)58(72)65-61(67)75/h11-16,25-28,32-33,41,48-49,51-52,57,69-70H,7-10,17-24,29-31,34H2,1-6H3,(H,63,71)(H,64,74)(H,65,72,75)(H,66,73,76)/t41-,48-,49+,51+,52+,57-/m0/s1. The van der Waals surface area contributed by atoms with Crippen molar-refractivity contribution in [2.24, 2.45) is 5.92 Å². The van der Waals surface area contributed by atoms with Crippen molar-refractivity contribution in [3.63, 3.8) is 0 Å². The molecule has 20 heteroatoms. The van der Waals surface area contributed by atoms with Crippen molar-refractivity contribution in [3.05, 3.63) is 170 Å². The molecule has 0 radical (unpaired) electrons. The van der Waals surface area contributed by atoms with E-state index in [0.29, 0.717) is 92.0 Å². The minimum atomic E-state index is -1.35. The van der Waals surface area contributed by atoms with Crippen molar-refractivity contribution in [2.75, 3.05) is 43.7 Å². The summed E-state index contributed by atoms with van der Waals surface area (Å²) in [5, 5.41) is 27.9. The zero-order valence-corrected chi connectivity index (χ0v) is 47.4. The Morgan fingerprint density at radius 3 is 1.38 bits per heavy atom. The molecule has 8 bridgehead atoms. The lowest BCUT2D eigenvalue weighted by Crippen LogP contribution is -2.36. The van der Waals surface area contributed by atoms with Crippen LogP contribution in [0.25, 0.3) is 0 Å². The van der Waals surface area contributed by atoms with E-state index in [0.717, 1.165) is 70.2 Å². The second-order valence-electron chi connectivity index (χ2n) is 21.5. The topological polar surface area (TPSA) is 264 Å². The van der Waals surface area contributed by atoms with E-state index >= 15 is 0 Å². The number of H-pyrrole nitrogens is 2. The van der Waals surface area contributed by atoms with E-state index < -0.39 is 65.1 Å². The highest BCUT2D eigenvalue weighted by Crippen LogP contribution is 2.42. The first kappa shape index (κ1) is 58.9. The summed E-state index contributed by atoms with van der Waals surface area (Å²) < 4.78 is 41.6. The molecule has 6 atom stereocenters. The number of hydrogen-bond donors (Lipinski definition) is 6. The SMILES string of the molecule is CCCOc1c2cccc1Cc1cc(NC(=O)[C@H]3O[C@@H](n4cc(C)c(=O)[nH]c4=O)C[C@@H]3O)cc(c1OCCC)Cc1cccc(c1OCCC)Cc1cc(NC(=O)C[C@H]3C[C@H](n4cc(C)c(=O)[nH]c4=O)O[C@@H]3CO)cc(c1OCCC)C2. The summed E-state index contributed by atoms with van der Waals surface area (Å²) in [6.07, 6.45) is 1.90. The van der Waals surface area contributed by atoms with Crippen molar-refractivity contribution in [1.82, 2.24) is 19.1 Å². The third-order valence-corrected chi connectivity index (χ3v) is 15.0. The Morgan fingerprint density at radius 1 is 0.585 bits per heavy atom. The maximum Gasteiger partial charge on any atom is 0.330 e. The molecule has 2 saturated heterocycles. The van der Waals surface area contributed by atoms with Crippen LogP contribution in [0.1, 0.15) is 141 Å². The van der Waals surface area contributed by atoms with Gasteiger partial charge in [-0.15, -0.1) is 0 Å². The fourth-order valence-electron chi connectivity index (χ4n) is 11.1. The fraction of sp³-hybridized carbons (Fsp3) is 0.452. The Kier molecular flexibility index (Phi) is 19.0. The van der Waals surface area contributed by atoms with Gasteiger partial charge >= 0.3 is 11.4 Å². The molecule has 82 heavy (non-hydrogen) atoms. The molecule has 6 aromatic rings. The molecular formula is C62H74N6O14. The highest BCUT2D eigenvalue weighted by Gasteiger charge is 2.41. The summed E-state index contributed by atoms with van der Waals surface area (Å²) in [7, 11) is 0. The summed E-state index contributed by atoms with van der Waals surface area (Å²) in [5.74, 6) is 1.22. The quantitative estimate of drug-likeness (QED) is 0.0447. The maximum atomic E-state index is 14.3. The monoisotopic (exact) mass is 1130 g/mol. The van der Waals surface area contributed by atoms with E-state index in [9.17, 15) is 39.0 Å². The number of hydrogen-bond acceptors (Lipinski definition) is 14. The zero-order chi connectivity index (χ0) is 58.2. The first-order valence-corrected chi connectivity index (χ1v) is 28.5. The Labute approximate surface area is 474 Å². The Balaban J connectivity index is 1.13. The number of anilines is 2. The Hall–Kier alpha value is -7.78. The second kappa shape index (κ2) is 26.4. The van der Waals surface area contributed by atoms with Gasteiger partial charge in [-0.3, -0.25) is 38.3 Å². The average Bonchev–Trinajstić information content (AvgIpc) is 4.10. The number of aliphatic hydroxyl groups is 2. The predicted octanol–water partition coefficient (Wildman–Crippen LogP) is 7.05. The Bertz CT molecular complexity index is 3440. The van der Waals surface area contributed by atoms with Crippen LogP contribution in [0.5, 0.6) is 23.0 Å². The van der Waals surface area contributed by atoms with Gasteiger partial charge < -0.3 is 49.3 Å². The Morgan fingerprint density at radius 2 is 0.976 bits per heavy atom. The maximum absolute atomic E-state index is 14.3. The number of para-hydroxylation sites is 2. The van der Waals surface area contributed by atoms with E-state index in [1.165, 1.54) is 21.5 Å². The van der Waals surface area contributed by atoms with Crippen LogP contribution in [0.3, 0.4) is 0 Å². The molecule has 0 saturated carbocycles. The number of carbonyl (C=O) groups is 2. The smallest absolute Gasteiger partial charge is 0.330 e. The summed E-state index contributed by atoms with van der Waals surface area (Å²) >= 11 is 0. The molecule has 3 aliphatic rings. The number of aromatic amines is 2. The van der Waals surface area contributed by atoms with E-state index in [4.69, 9.17) is 28.4 Å². The minimum Gasteiger partial charge on any atom is -0.493 e. The molecule has 4 heterocycles. The lowest BCUT2D eigenvalue weighted by Gasteiger charge is -2.24. The molecule has 4 aromatic carbocycles. The summed E-state index contributed by atoms with van der Waals surface area (Å²) in [5.41, 5.74) is 5.64. The fourth-order valence-corrected chi connectivity index (χ4v) is 11.1. The van der Waals surface area contributed by atoms with Crippen LogP contribution in [0.2, 0.25) is 0 Å². The van der Waals surface area contributed by atoms with Crippen molar-refractivity contribution >= 4 is 23.2 Å². The summed E-state index contributed by atoms with van der Waals surface area (Å²) in [6, 6.07) is 19.6. The average molecular weight is 1130 g/mol. The second-order valence-corrected chi connectivity index (χ2v) is 21.5. The van der Waals surface area contributed by atoms with Gasteiger partial charge in [-0.25, -0.2) is 9.59 Å². The van der Waals surface area contributed by atoms with Crippen LogP contribution >= 0.6 is 0 Å². The van der Waals surface area contributed by atoms with Crippen LogP contribution in [-0.2, 0) is 44.7 Å². The molecule has 2 amide bonds. The third-order valence-electron chi connectivity index (χ3n) is 15.0. The molecule has 9 rings (SSSR count). The van der Waals surface area contributed by atoms with Gasteiger partial charge in [-0.05, 0) is 92.5 Å². The van der Waals surface area contributed by atoms with E-state index in [1.807, 2.05) is 88.4 Å². The normalized spacial score (nSPS) is 19.4. The number of ether oxygens (including phenoxy) is 6. The van der Waals surface area contributed by atoms with E-state index in [2.05, 4.69) is 20.6 Å². The summed E-state index contributed by atoms with van der Waals surface area (Å²) in [4.78, 5) is 83.2. The van der Waals surface area contributed by atoms with E-state index in [-0.39, 0.29) is 37.3 Å². The van der Waals surface area contributed by atoms with Gasteiger partial charge in [-0.2, -0.15) is 0 Å². The van der Waals surface area contributed by atoms with Crippen molar-refractivity contribution in [1.29, 1.82) is 0 Å². The number of fused-ring (bicyclic) bond motifs is 8. The number of aliphatic hydroxyl groups excluding tert-OH is 2. The van der Waals surface area contributed by atoms with Gasteiger partial charge in [0.05, 0.1) is 45.2 Å². The van der Waals surface area contributed by atoms with Gasteiger partial charge in [0.15, 0.2) is 6.10 Å². The molecule has 2 fully saturated rings. The van der Waals surface area contributed by atoms with Crippen molar-refractivity contribution < 1.29 is 48.2 Å². The molecule has 0 spiro atoms. The van der Waals surface area contributed by atoms with Crippen molar-refractivity contribution in [3.8, 4) is 23.0 Å². The first-order valence-electron chi connectivity index (χ1n) is 28.5. The number of rotatable bonds is 20. The van der Waals surface area contributed by atoms with Gasteiger partial charge in [0.2, 0.25) is 5.91 Å². The van der Waals surface area contributed by atoms with Gasteiger partial charge in [0.25, 0.3) is 17.0 Å². The lowest BCUT2D eigenvalue weighted by atomic mass is 9.90. The van der Waals surface area contributed by atoms with E-state index in [1.54, 1.807) is 13.8 Å². The third kappa shape index (κ3) is 13.3. The first-order chi connectivity index (χ1) is 39.6. The number of nitrogens with one attached hydrogen (secondary N) is 4. The molecule has 2 aromatic heterocycles. The van der Waals surface area contributed by atoms with Crippen LogP contribution in [0.4, 0.5) is 11.4 Å². The van der Waals surface area contributed by atoms with Crippen LogP contribution in [-0.4, -0.2) is 92.5 Å². The number of benzene rings is 4.